The van der Waals surface area contributed by atoms with E-state index in [1.54, 1.807) is 12.4 Å². The van der Waals surface area contributed by atoms with Gasteiger partial charge in [0.05, 0.1) is 0 Å². The van der Waals surface area contributed by atoms with Crippen LogP contribution in [0.25, 0.3) is 11.1 Å². The van der Waals surface area contributed by atoms with Crippen LogP contribution < -0.4 is 21.7 Å². The van der Waals surface area contributed by atoms with Gasteiger partial charge < -0.3 is 26.8 Å². The Morgan fingerprint density at radius 3 is 2.79 bits per heavy atom. The molecule has 1 aromatic heterocycles. The Labute approximate surface area is 163 Å². The Kier molecular flexibility index (Phi) is 6.38. The maximum Gasteiger partial charge on any atom is 0.344 e. The number of carbonyl (C=O) groups is 1. The van der Waals surface area contributed by atoms with E-state index in [1.807, 2.05) is 24.3 Å². The SMILES string of the molecule is NC(N)=NC(=O)NCc1cccc(-c2cnc(N3CCCC(CO)C3)nc2)c1. The Balaban J connectivity index is 1.67. The van der Waals surface area contributed by atoms with Gasteiger partial charge in [-0.05, 0) is 36.0 Å². The number of guanidine groups is 1. The zero-order valence-corrected chi connectivity index (χ0v) is 15.6. The lowest BCUT2D eigenvalue weighted by atomic mass is 9.99. The minimum absolute atomic E-state index is 0.196. The summed E-state index contributed by atoms with van der Waals surface area (Å²) in [7, 11) is 0. The standard InChI is InChI=1S/C19H25N7O2/c20-17(21)25-19(28)24-8-13-3-1-5-15(7-13)16-9-22-18(23-10-16)26-6-2-4-14(11-26)12-27/h1,3,5,7,9-10,14,27H,2,4,6,8,11-12H2,(H5,20,21,24,25,28). The summed E-state index contributed by atoms with van der Waals surface area (Å²) in [6.45, 7) is 2.18. The highest BCUT2D eigenvalue weighted by Crippen LogP contribution is 2.23. The third kappa shape index (κ3) is 5.17. The number of hydrogen-bond donors (Lipinski definition) is 4. The molecule has 0 radical (unpaired) electrons. The van der Waals surface area contributed by atoms with E-state index in [2.05, 4.69) is 25.2 Å². The number of nitrogens with one attached hydrogen (secondary N) is 1. The molecule has 9 heteroatoms. The first-order chi connectivity index (χ1) is 13.5. The van der Waals surface area contributed by atoms with Crippen LogP contribution in [0.5, 0.6) is 0 Å². The largest absolute Gasteiger partial charge is 0.396 e. The number of anilines is 1. The molecule has 0 bridgehead atoms. The van der Waals surface area contributed by atoms with E-state index in [0.29, 0.717) is 12.5 Å². The fraction of sp³-hybridized carbons (Fsp3) is 0.368. The van der Waals surface area contributed by atoms with Gasteiger partial charge in [0.25, 0.3) is 0 Å². The number of nitrogens with zero attached hydrogens (tertiary/aromatic N) is 4. The summed E-state index contributed by atoms with van der Waals surface area (Å²) in [4.78, 5) is 26.1. The van der Waals surface area contributed by atoms with Crippen molar-refractivity contribution in [1.82, 2.24) is 15.3 Å². The van der Waals surface area contributed by atoms with Gasteiger partial charge in [-0.15, -0.1) is 0 Å². The number of hydrogen-bond acceptors (Lipinski definition) is 5. The maximum atomic E-state index is 11.5. The molecule has 1 aliphatic heterocycles. The van der Waals surface area contributed by atoms with Crippen molar-refractivity contribution in [2.45, 2.75) is 19.4 Å². The highest BCUT2D eigenvalue weighted by molar-refractivity contribution is 5.90. The van der Waals surface area contributed by atoms with Crippen molar-refractivity contribution in [2.24, 2.45) is 22.4 Å². The number of aliphatic hydroxyl groups excluding tert-OH is 1. The molecule has 2 amide bonds. The number of aliphatic hydroxyl groups is 1. The molecule has 1 fully saturated rings. The van der Waals surface area contributed by atoms with E-state index in [9.17, 15) is 9.90 Å². The summed E-state index contributed by atoms with van der Waals surface area (Å²) in [5.41, 5.74) is 13.1. The predicted molar refractivity (Wildman–Crippen MR) is 108 cm³/mol. The highest BCUT2D eigenvalue weighted by Gasteiger charge is 2.21. The van der Waals surface area contributed by atoms with Crippen LogP contribution in [0.1, 0.15) is 18.4 Å². The lowest BCUT2D eigenvalue weighted by Crippen LogP contribution is -2.37. The molecule has 2 aromatic rings. The monoisotopic (exact) mass is 383 g/mol. The second-order valence-electron chi connectivity index (χ2n) is 6.80. The number of piperidine rings is 1. The molecule has 1 aliphatic rings. The molecule has 1 saturated heterocycles. The minimum atomic E-state index is -0.583. The van der Waals surface area contributed by atoms with Crippen molar-refractivity contribution in [3.63, 3.8) is 0 Å². The first-order valence-corrected chi connectivity index (χ1v) is 9.20. The molecule has 1 unspecified atom stereocenters. The van der Waals surface area contributed by atoms with Crippen molar-refractivity contribution < 1.29 is 9.90 Å². The third-order valence-corrected chi connectivity index (χ3v) is 4.63. The van der Waals surface area contributed by atoms with Crippen molar-refractivity contribution in [3.05, 3.63) is 42.2 Å². The quantitative estimate of drug-likeness (QED) is 0.442. The number of benzene rings is 1. The van der Waals surface area contributed by atoms with Crippen molar-refractivity contribution in [1.29, 1.82) is 0 Å². The molecule has 9 nitrogen and oxygen atoms in total. The Morgan fingerprint density at radius 1 is 1.29 bits per heavy atom. The molecule has 0 aliphatic carbocycles. The topological polar surface area (TPSA) is 143 Å². The molecular weight excluding hydrogens is 358 g/mol. The molecular formula is C19H25N7O2. The zero-order chi connectivity index (χ0) is 19.9. The first-order valence-electron chi connectivity index (χ1n) is 9.20. The van der Waals surface area contributed by atoms with Gasteiger partial charge in [-0.25, -0.2) is 14.8 Å². The average Bonchev–Trinajstić information content (AvgIpc) is 2.72. The summed E-state index contributed by atoms with van der Waals surface area (Å²) >= 11 is 0. The van der Waals surface area contributed by atoms with Crippen molar-refractivity contribution in [2.75, 3.05) is 24.6 Å². The lowest BCUT2D eigenvalue weighted by molar-refractivity contribution is 0.208. The van der Waals surface area contributed by atoms with Crippen LogP contribution in [0.4, 0.5) is 10.7 Å². The van der Waals surface area contributed by atoms with Crippen molar-refractivity contribution in [3.8, 4) is 11.1 Å². The van der Waals surface area contributed by atoms with Crippen LogP contribution in [0.2, 0.25) is 0 Å². The van der Waals surface area contributed by atoms with Crippen molar-refractivity contribution >= 4 is 17.9 Å². The molecule has 2 heterocycles. The van der Waals surface area contributed by atoms with E-state index in [4.69, 9.17) is 11.5 Å². The predicted octanol–water partition coefficient (Wildman–Crippen LogP) is 0.835. The normalized spacial score (nSPS) is 16.5. The smallest absolute Gasteiger partial charge is 0.344 e. The fourth-order valence-corrected chi connectivity index (χ4v) is 3.22. The molecule has 6 N–H and O–H groups in total. The number of aliphatic imine (C=N–C) groups is 1. The first kappa shape index (κ1) is 19.6. The number of urea groups is 1. The van der Waals surface area contributed by atoms with Gasteiger partial charge in [-0.3, -0.25) is 0 Å². The van der Waals surface area contributed by atoms with Gasteiger partial charge in [0.1, 0.15) is 0 Å². The molecule has 148 valence electrons. The molecule has 1 aromatic carbocycles. The number of nitrogens with two attached hydrogens (primary N) is 2. The summed E-state index contributed by atoms with van der Waals surface area (Å²) in [5.74, 6) is 0.688. The molecule has 28 heavy (non-hydrogen) atoms. The van der Waals surface area contributed by atoms with E-state index < -0.39 is 6.03 Å². The van der Waals surface area contributed by atoms with E-state index in [0.717, 1.165) is 42.6 Å². The summed E-state index contributed by atoms with van der Waals surface area (Å²) in [6.07, 6.45) is 5.66. The highest BCUT2D eigenvalue weighted by atomic mass is 16.3. The minimum Gasteiger partial charge on any atom is -0.396 e. The van der Waals surface area contributed by atoms with Crippen LogP contribution >= 0.6 is 0 Å². The number of aromatic nitrogens is 2. The molecule has 3 rings (SSSR count). The molecule has 0 saturated carbocycles. The Morgan fingerprint density at radius 2 is 2.07 bits per heavy atom. The Bertz CT molecular complexity index is 834. The van der Waals surface area contributed by atoms with E-state index in [1.165, 1.54) is 0 Å². The second kappa shape index (κ2) is 9.14. The van der Waals surface area contributed by atoms with Crippen LogP contribution in [0.3, 0.4) is 0 Å². The van der Waals surface area contributed by atoms with E-state index >= 15 is 0 Å². The lowest BCUT2D eigenvalue weighted by Gasteiger charge is -2.31. The summed E-state index contributed by atoms with van der Waals surface area (Å²) in [6, 6.07) is 7.14. The molecule has 0 spiro atoms. The number of carbonyl (C=O) groups excluding carboxylic acids is 1. The fourth-order valence-electron chi connectivity index (χ4n) is 3.22. The summed E-state index contributed by atoms with van der Waals surface area (Å²) < 4.78 is 0. The number of amides is 2. The van der Waals surface area contributed by atoms with Crippen LogP contribution in [0.15, 0.2) is 41.7 Å². The third-order valence-electron chi connectivity index (χ3n) is 4.63. The number of rotatable bonds is 5. The van der Waals surface area contributed by atoms with Crippen LogP contribution in [-0.4, -0.2) is 46.8 Å². The van der Waals surface area contributed by atoms with Crippen LogP contribution in [0, 0.1) is 5.92 Å². The van der Waals surface area contributed by atoms with Gasteiger partial charge in [-0.1, -0.05) is 18.2 Å². The summed E-state index contributed by atoms with van der Waals surface area (Å²) in [5, 5.41) is 12.0. The van der Waals surface area contributed by atoms with E-state index in [-0.39, 0.29) is 18.5 Å². The second-order valence-corrected chi connectivity index (χ2v) is 6.80. The van der Waals surface area contributed by atoms with Gasteiger partial charge in [0.2, 0.25) is 5.95 Å². The van der Waals surface area contributed by atoms with Gasteiger partial charge >= 0.3 is 6.03 Å². The molecule has 1 atom stereocenters. The Hall–Kier alpha value is -3.20. The maximum absolute atomic E-state index is 11.5. The zero-order valence-electron chi connectivity index (χ0n) is 15.6. The van der Waals surface area contributed by atoms with Crippen LogP contribution in [-0.2, 0) is 6.54 Å². The van der Waals surface area contributed by atoms with Gasteiger partial charge in [0.15, 0.2) is 5.96 Å². The van der Waals surface area contributed by atoms with Gasteiger partial charge in [-0.2, -0.15) is 4.99 Å². The average molecular weight is 383 g/mol. The van der Waals surface area contributed by atoms with Gasteiger partial charge in [0, 0.05) is 44.2 Å².